The third-order valence-electron chi connectivity index (χ3n) is 4.62. The number of hydrogen-bond acceptors (Lipinski definition) is 4. The van der Waals surface area contributed by atoms with E-state index in [1.165, 1.54) is 0 Å². The first-order valence-corrected chi connectivity index (χ1v) is 9.89. The Labute approximate surface area is 162 Å². The first kappa shape index (κ1) is 18.9. The Hall–Kier alpha value is -1.89. The number of hydrogen-bond donors (Lipinski definition) is 1. The molecular formula is C19H22ClN3O2S. The molecule has 0 radical (unpaired) electrons. The van der Waals surface area contributed by atoms with Crippen molar-refractivity contribution in [3.8, 4) is 0 Å². The number of piperazine rings is 1. The minimum Gasteiger partial charge on any atom is -0.350 e. The van der Waals surface area contributed by atoms with Crippen LogP contribution in [-0.2, 0) is 11.3 Å². The van der Waals surface area contributed by atoms with E-state index < -0.39 is 0 Å². The third kappa shape index (κ3) is 4.63. The van der Waals surface area contributed by atoms with Gasteiger partial charge in [-0.15, -0.1) is 11.3 Å². The fourth-order valence-corrected chi connectivity index (χ4v) is 3.85. The van der Waals surface area contributed by atoms with E-state index in [4.69, 9.17) is 11.6 Å². The molecule has 1 unspecified atom stereocenters. The van der Waals surface area contributed by atoms with Crippen LogP contribution < -0.4 is 5.32 Å². The Balaban J connectivity index is 1.49. The molecule has 1 aromatic carbocycles. The van der Waals surface area contributed by atoms with Crippen molar-refractivity contribution in [2.75, 3.05) is 26.2 Å². The summed E-state index contributed by atoms with van der Waals surface area (Å²) in [4.78, 5) is 30.0. The average Bonchev–Trinajstić information content (AvgIpc) is 3.18. The molecule has 1 aliphatic rings. The van der Waals surface area contributed by atoms with Gasteiger partial charge in [0.1, 0.15) is 0 Å². The molecule has 0 bridgehead atoms. The van der Waals surface area contributed by atoms with Gasteiger partial charge in [0.05, 0.1) is 12.6 Å². The van der Waals surface area contributed by atoms with Gasteiger partial charge in [0.2, 0.25) is 5.91 Å². The van der Waals surface area contributed by atoms with Crippen molar-refractivity contribution >= 4 is 34.8 Å². The summed E-state index contributed by atoms with van der Waals surface area (Å²) in [5.74, 6) is 0.00923. The molecule has 0 saturated carbocycles. The summed E-state index contributed by atoms with van der Waals surface area (Å²) in [6.45, 7) is 5.05. The van der Waals surface area contributed by atoms with Crippen LogP contribution in [0.4, 0.5) is 0 Å². The summed E-state index contributed by atoms with van der Waals surface area (Å²) in [7, 11) is 0. The SMILES string of the molecule is CC(C(=O)NCc1cccs1)N1CCN(C(=O)c2cccc(Cl)c2)CC1. The maximum Gasteiger partial charge on any atom is 0.253 e. The monoisotopic (exact) mass is 391 g/mol. The summed E-state index contributed by atoms with van der Waals surface area (Å²) in [5, 5.41) is 5.54. The second-order valence-corrected chi connectivity index (χ2v) is 7.78. The highest BCUT2D eigenvalue weighted by molar-refractivity contribution is 7.09. The zero-order chi connectivity index (χ0) is 18.5. The summed E-state index contributed by atoms with van der Waals surface area (Å²) < 4.78 is 0. The first-order chi connectivity index (χ1) is 12.5. The first-order valence-electron chi connectivity index (χ1n) is 8.63. The van der Waals surface area contributed by atoms with Crippen LogP contribution >= 0.6 is 22.9 Å². The Bertz CT molecular complexity index is 758. The Morgan fingerprint density at radius 1 is 1.19 bits per heavy atom. The van der Waals surface area contributed by atoms with Gasteiger partial charge in [-0.2, -0.15) is 0 Å². The predicted molar refractivity (Wildman–Crippen MR) is 105 cm³/mol. The Kier molecular flexibility index (Phi) is 6.29. The molecule has 3 rings (SSSR count). The highest BCUT2D eigenvalue weighted by atomic mass is 35.5. The molecule has 2 aromatic rings. The van der Waals surface area contributed by atoms with Crippen LogP contribution in [0, 0.1) is 0 Å². The molecule has 2 heterocycles. The van der Waals surface area contributed by atoms with E-state index in [2.05, 4.69) is 10.2 Å². The van der Waals surface area contributed by atoms with E-state index >= 15 is 0 Å². The summed E-state index contributed by atoms with van der Waals surface area (Å²) in [6.07, 6.45) is 0. The summed E-state index contributed by atoms with van der Waals surface area (Å²) in [6, 6.07) is 10.8. The second kappa shape index (κ2) is 8.66. The Morgan fingerprint density at radius 2 is 1.96 bits per heavy atom. The lowest BCUT2D eigenvalue weighted by Crippen LogP contribution is -2.54. The normalized spacial score (nSPS) is 16.3. The van der Waals surface area contributed by atoms with E-state index in [9.17, 15) is 9.59 Å². The van der Waals surface area contributed by atoms with Gasteiger partial charge in [-0.1, -0.05) is 23.7 Å². The van der Waals surface area contributed by atoms with Crippen LogP contribution in [0.5, 0.6) is 0 Å². The van der Waals surface area contributed by atoms with E-state index in [1.807, 2.05) is 29.3 Å². The Morgan fingerprint density at radius 3 is 2.62 bits per heavy atom. The summed E-state index contributed by atoms with van der Waals surface area (Å²) in [5.41, 5.74) is 0.604. The molecule has 1 fully saturated rings. The van der Waals surface area contributed by atoms with Crippen LogP contribution in [0.15, 0.2) is 41.8 Å². The van der Waals surface area contributed by atoms with E-state index in [1.54, 1.807) is 35.6 Å². The smallest absolute Gasteiger partial charge is 0.253 e. The maximum absolute atomic E-state index is 12.6. The second-order valence-electron chi connectivity index (χ2n) is 6.31. The average molecular weight is 392 g/mol. The quantitative estimate of drug-likeness (QED) is 0.852. The molecule has 1 saturated heterocycles. The van der Waals surface area contributed by atoms with Gasteiger partial charge in [0.15, 0.2) is 0 Å². The van der Waals surface area contributed by atoms with Crippen LogP contribution in [0.1, 0.15) is 22.2 Å². The lowest BCUT2D eigenvalue weighted by atomic mass is 10.1. The van der Waals surface area contributed by atoms with Gasteiger partial charge >= 0.3 is 0 Å². The number of benzene rings is 1. The van der Waals surface area contributed by atoms with Crippen molar-refractivity contribution in [1.82, 2.24) is 15.1 Å². The zero-order valence-electron chi connectivity index (χ0n) is 14.7. The lowest BCUT2D eigenvalue weighted by molar-refractivity contribution is -0.126. The van der Waals surface area contributed by atoms with Gasteiger partial charge in [-0.05, 0) is 36.6 Å². The van der Waals surface area contributed by atoms with Gasteiger partial charge in [-0.25, -0.2) is 0 Å². The predicted octanol–water partition coefficient (Wildman–Crippen LogP) is 2.86. The zero-order valence-corrected chi connectivity index (χ0v) is 16.2. The molecular weight excluding hydrogens is 370 g/mol. The van der Waals surface area contributed by atoms with Gasteiger partial charge in [0.25, 0.3) is 5.91 Å². The highest BCUT2D eigenvalue weighted by Crippen LogP contribution is 2.15. The fourth-order valence-electron chi connectivity index (χ4n) is 3.02. The molecule has 7 heteroatoms. The van der Waals surface area contributed by atoms with E-state index in [0.717, 1.165) is 4.88 Å². The number of rotatable bonds is 5. The van der Waals surface area contributed by atoms with Gasteiger partial charge in [0, 0.05) is 41.6 Å². The minimum absolute atomic E-state index is 0.0121. The summed E-state index contributed by atoms with van der Waals surface area (Å²) >= 11 is 7.60. The molecule has 1 aromatic heterocycles. The molecule has 1 atom stereocenters. The van der Waals surface area contributed by atoms with Crippen molar-refractivity contribution < 1.29 is 9.59 Å². The van der Waals surface area contributed by atoms with Crippen molar-refractivity contribution in [3.63, 3.8) is 0 Å². The van der Waals surface area contributed by atoms with Crippen molar-refractivity contribution in [2.45, 2.75) is 19.5 Å². The standard InChI is InChI=1S/C19H22ClN3O2S/c1-14(18(24)21-13-17-6-3-11-26-17)22-7-9-23(10-8-22)19(25)15-4-2-5-16(20)12-15/h2-6,11-12,14H,7-10,13H2,1H3,(H,21,24). The number of nitrogens with zero attached hydrogens (tertiary/aromatic N) is 2. The molecule has 138 valence electrons. The van der Waals surface area contributed by atoms with Gasteiger partial charge in [-0.3, -0.25) is 14.5 Å². The molecule has 1 N–H and O–H groups in total. The number of thiophene rings is 1. The molecule has 0 aliphatic carbocycles. The van der Waals surface area contributed by atoms with Crippen LogP contribution in [0.3, 0.4) is 0 Å². The maximum atomic E-state index is 12.6. The number of carbonyl (C=O) groups excluding carboxylic acids is 2. The van der Waals surface area contributed by atoms with Crippen molar-refractivity contribution in [1.29, 1.82) is 0 Å². The van der Waals surface area contributed by atoms with E-state index in [-0.39, 0.29) is 17.9 Å². The molecule has 5 nitrogen and oxygen atoms in total. The molecule has 1 aliphatic heterocycles. The minimum atomic E-state index is -0.210. The molecule has 0 spiro atoms. The van der Waals surface area contributed by atoms with Gasteiger partial charge < -0.3 is 10.2 Å². The van der Waals surface area contributed by atoms with E-state index in [0.29, 0.717) is 43.3 Å². The molecule has 2 amide bonds. The third-order valence-corrected chi connectivity index (χ3v) is 5.73. The fraction of sp³-hybridized carbons (Fsp3) is 0.368. The van der Waals surface area contributed by atoms with Crippen LogP contribution in [-0.4, -0.2) is 53.8 Å². The lowest BCUT2D eigenvalue weighted by Gasteiger charge is -2.37. The number of amides is 2. The topological polar surface area (TPSA) is 52.7 Å². The molecule has 26 heavy (non-hydrogen) atoms. The number of nitrogens with one attached hydrogen (secondary N) is 1. The number of halogens is 1. The van der Waals surface area contributed by atoms with Crippen LogP contribution in [0.25, 0.3) is 0 Å². The number of carbonyl (C=O) groups is 2. The van der Waals surface area contributed by atoms with Crippen molar-refractivity contribution in [2.24, 2.45) is 0 Å². The highest BCUT2D eigenvalue weighted by Gasteiger charge is 2.27. The largest absolute Gasteiger partial charge is 0.350 e. The van der Waals surface area contributed by atoms with Crippen molar-refractivity contribution in [3.05, 3.63) is 57.2 Å². The van der Waals surface area contributed by atoms with Crippen LogP contribution in [0.2, 0.25) is 5.02 Å².